The summed E-state index contributed by atoms with van der Waals surface area (Å²) in [7, 11) is 0. The molecule has 1 aromatic rings. The Morgan fingerprint density at radius 3 is 2.48 bits per heavy atom. The molecule has 0 aliphatic rings. The summed E-state index contributed by atoms with van der Waals surface area (Å²) in [6.07, 6.45) is 0. The molecule has 0 saturated carbocycles. The number of aliphatic imine (C=N–C) groups is 1. The van der Waals surface area contributed by atoms with Crippen molar-refractivity contribution < 1.29 is 9.53 Å². The molecule has 6 heteroatoms. The first kappa shape index (κ1) is 19.7. The number of ether oxygens (including phenoxy) is 1. The van der Waals surface area contributed by atoms with Crippen molar-refractivity contribution in [2.45, 2.75) is 27.3 Å². The van der Waals surface area contributed by atoms with Gasteiger partial charge in [-0.05, 0) is 30.5 Å². The van der Waals surface area contributed by atoms with Crippen molar-refractivity contribution in [3.8, 4) is 0 Å². The smallest absolute Gasteiger partial charge is 0.338 e. The third kappa shape index (κ3) is 7.89. The van der Waals surface area contributed by atoms with Gasteiger partial charge in [0.25, 0.3) is 0 Å². The first-order valence-electron chi connectivity index (χ1n) is 6.82. The first-order valence-corrected chi connectivity index (χ1v) is 6.82. The Morgan fingerprint density at radius 1 is 1.33 bits per heavy atom. The summed E-state index contributed by atoms with van der Waals surface area (Å²) >= 11 is 0. The Balaban J connectivity index is 0.00000400. The van der Waals surface area contributed by atoms with Crippen LogP contribution in [0.2, 0.25) is 0 Å². The van der Waals surface area contributed by atoms with Crippen LogP contribution in [0.4, 0.5) is 0 Å². The summed E-state index contributed by atoms with van der Waals surface area (Å²) in [4.78, 5) is 15.7. The maximum Gasteiger partial charge on any atom is 0.338 e. The predicted octanol–water partition coefficient (Wildman–Crippen LogP) is 2.54. The fourth-order valence-corrected chi connectivity index (χ4v) is 1.50. The quantitative estimate of drug-likeness (QED) is 0.330. The van der Waals surface area contributed by atoms with E-state index in [1.807, 2.05) is 12.1 Å². The van der Waals surface area contributed by atoms with Crippen LogP contribution in [0.3, 0.4) is 0 Å². The third-order valence-electron chi connectivity index (χ3n) is 2.59. The van der Waals surface area contributed by atoms with Crippen LogP contribution in [-0.2, 0) is 11.3 Å². The Hall–Kier alpha value is -1.31. The van der Waals surface area contributed by atoms with Crippen LogP contribution in [0.5, 0.6) is 0 Å². The average molecular weight is 405 g/mol. The molecule has 0 fully saturated rings. The van der Waals surface area contributed by atoms with E-state index in [-0.39, 0.29) is 29.9 Å². The number of rotatable bonds is 6. The van der Waals surface area contributed by atoms with Crippen LogP contribution in [0.15, 0.2) is 29.3 Å². The summed E-state index contributed by atoms with van der Waals surface area (Å²) in [6, 6.07) is 7.18. The third-order valence-corrected chi connectivity index (χ3v) is 2.59. The fraction of sp³-hybridized carbons (Fsp3) is 0.467. The van der Waals surface area contributed by atoms with Gasteiger partial charge in [-0.3, -0.25) is 0 Å². The van der Waals surface area contributed by atoms with E-state index in [0.29, 0.717) is 30.6 Å². The summed E-state index contributed by atoms with van der Waals surface area (Å²) in [5.74, 6) is 0.654. The Labute approximate surface area is 143 Å². The lowest BCUT2D eigenvalue weighted by Gasteiger charge is -2.08. The zero-order valence-electron chi connectivity index (χ0n) is 12.8. The lowest BCUT2D eigenvalue weighted by Crippen LogP contribution is -2.34. The van der Waals surface area contributed by atoms with Gasteiger partial charge in [-0.25, -0.2) is 9.79 Å². The number of carbonyl (C=O) groups excluding carboxylic acids is 1. The summed E-state index contributed by atoms with van der Waals surface area (Å²) in [5.41, 5.74) is 7.29. The number of benzene rings is 1. The van der Waals surface area contributed by atoms with Gasteiger partial charge in [0.1, 0.15) is 0 Å². The highest BCUT2D eigenvalue weighted by Crippen LogP contribution is 2.07. The van der Waals surface area contributed by atoms with Crippen LogP contribution in [0, 0.1) is 5.92 Å². The zero-order chi connectivity index (χ0) is 15.0. The fourth-order valence-electron chi connectivity index (χ4n) is 1.50. The second-order valence-electron chi connectivity index (χ2n) is 4.89. The van der Waals surface area contributed by atoms with Crippen molar-refractivity contribution in [1.29, 1.82) is 0 Å². The molecule has 5 nitrogen and oxygen atoms in total. The van der Waals surface area contributed by atoms with Crippen molar-refractivity contribution in [2.24, 2.45) is 16.6 Å². The Morgan fingerprint density at radius 2 is 1.95 bits per heavy atom. The largest absolute Gasteiger partial charge is 0.462 e. The normalized spacial score (nSPS) is 11.0. The van der Waals surface area contributed by atoms with Crippen molar-refractivity contribution in [1.82, 2.24) is 5.32 Å². The molecule has 0 spiro atoms. The number of hydrogen-bond acceptors (Lipinski definition) is 3. The van der Waals surface area contributed by atoms with Gasteiger partial charge < -0.3 is 15.8 Å². The average Bonchev–Trinajstić information content (AvgIpc) is 2.43. The van der Waals surface area contributed by atoms with E-state index in [9.17, 15) is 4.79 Å². The molecule has 21 heavy (non-hydrogen) atoms. The van der Waals surface area contributed by atoms with Crippen LogP contribution in [0.25, 0.3) is 0 Å². The van der Waals surface area contributed by atoms with Gasteiger partial charge in [0.2, 0.25) is 0 Å². The molecule has 0 saturated heterocycles. The first-order chi connectivity index (χ1) is 9.52. The van der Waals surface area contributed by atoms with Crippen LogP contribution in [0.1, 0.15) is 36.7 Å². The second kappa shape index (κ2) is 10.4. The van der Waals surface area contributed by atoms with Gasteiger partial charge in [-0.1, -0.05) is 26.0 Å². The van der Waals surface area contributed by atoms with E-state index < -0.39 is 0 Å². The molecular formula is C15H24IN3O2. The highest BCUT2D eigenvalue weighted by atomic mass is 127. The molecule has 0 radical (unpaired) electrons. The highest BCUT2D eigenvalue weighted by molar-refractivity contribution is 14.0. The lowest BCUT2D eigenvalue weighted by atomic mass is 10.1. The molecule has 0 aromatic heterocycles. The van der Waals surface area contributed by atoms with Crippen LogP contribution in [-0.4, -0.2) is 25.1 Å². The van der Waals surface area contributed by atoms with Gasteiger partial charge in [-0.2, -0.15) is 0 Å². The van der Waals surface area contributed by atoms with E-state index >= 15 is 0 Å². The molecule has 0 bridgehead atoms. The van der Waals surface area contributed by atoms with Crippen LogP contribution < -0.4 is 11.1 Å². The number of hydrogen-bond donors (Lipinski definition) is 2. The highest BCUT2D eigenvalue weighted by Gasteiger charge is 2.05. The number of esters is 1. The van der Waals surface area contributed by atoms with Crippen LogP contribution >= 0.6 is 24.0 Å². The van der Waals surface area contributed by atoms with Crippen molar-refractivity contribution in [3.05, 3.63) is 35.4 Å². The minimum Gasteiger partial charge on any atom is -0.462 e. The van der Waals surface area contributed by atoms with E-state index in [2.05, 4.69) is 24.2 Å². The molecule has 0 atom stereocenters. The number of nitrogens with zero attached hydrogens (tertiary/aromatic N) is 1. The van der Waals surface area contributed by atoms with E-state index in [0.717, 1.165) is 12.1 Å². The minimum absolute atomic E-state index is 0. The molecule has 0 aliphatic carbocycles. The minimum atomic E-state index is -0.305. The number of nitrogens with two attached hydrogens (primary N) is 1. The molecule has 0 amide bonds. The summed E-state index contributed by atoms with van der Waals surface area (Å²) in [6.45, 7) is 7.66. The molecule has 0 heterocycles. The van der Waals surface area contributed by atoms with Gasteiger partial charge in [0.15, 0.2) is 5.96 Å². The molecule has 1 rings (SSSR count). The molecule has 0 unspecified atom stereocenters. The molecule has 3 N–H and O–H groups in total. The lowest BCUT2D eigenvalue weighted by molar-refractivity contribution is 0.0526. The second-order valence-corrected chi connectivity index (χ2v) is 4.89. The SMILES string of the molecule is CCOC(=O)c1ccc(CN=C(N)NCC(C)C)cc1.I. The zero-order valence-corrected chi connectivity index (χ0v) is 15.1. The summed E-state index contributed by atoms with van der Waals surface area (Å²) < 4.78 is 4.92. The van der Waals surface area contributed by atoms with Crippen molar-refractivity contribution in [3.63, 3.8) is 0 Å². The maximum absolute atomic E-state index is 11.5. The number of halogens is 1. The van der Waals surface area contributed by atoms with E-state index in [1.165, 1.54) is 0 Å². The molecular weight excluding hydrogens is 381 g/mol. The Kier molecular flexibility index (Phi) is 9.77. The van der Waals surface area contributed by atoms with Crippen molar-refractivity contribution in [2.75, 3.05) is 13.2 Å². The maximum atomic E-state index is 11.5. The van der Waals surface area contributed by atoms with Gasteiger partial charge in [0.05, 0.1) is 18.7 Å². The Bertz CT molecular complexity index is 458. The standard InChI is InChI=1S/C15H23N3O2.HI/c1-4-20-14(19)13-7-5-12(6-8-13)10-18-15(16)17-9-11(2)3;/h5-8,11H,4,9-10H2,1-3H3,(H3,16,17,18);1H. The van der Waals surface area contributed by atoms with Gasteiger partial charge in [-0.15, -0.1) is 24.0 Å². The molecule has 0 aliphatic heterocycles. The number of guanidine groups is 1. The van der Waals surface area contributed by atoms with Gasteiger partial charge in [0, 0.05) is 6.54 Å². The number of nitrogens with one attached hydrogen (secondary N) is 1. The van der Waals surface area contributed by atoms with E-state index in [4.69, 9.17) is 10.5 Å². The number of carbonyl (C=O) groups is 1. The monoisotopic (exact) mass is 405 g/mol. The van der Waals surface area contributed by atoms with Crippen molar-refractivity contribution >= 4 is 35.9 Å². The topological polar surface area (TPSA) is 76.7 Å². The van der Waals surface area contributed by atoms with Gasteiger partial charge >= 0.3 is 5.97 Å². The molecule has 1 aromatic carbocycles. The predicted molar refractivity (Wildman–Crippen MR) is 96.0 cm³/mol. The summed E-state index contributed by atoms with van der Waals surface area (Å²) in [5, 5.41) is 3.05. The van der Waals surface area contributed by atoms with E-state index in [1.54, 1.807) is 19.1 Å². The molecule has 118 valence electrons.